The van der Waals surface area contributed by atoms with Crippen molar-refractivity contribution < 1.29 is 4.79 Å². The van der Waals surface area contributed by atoms with Crippen molar-refractivity contribution in [1.29, 1.82) is 0 Å². The monoisotopic (exact) mass is 301 g/mol. The fraction of sp³-hybridized carbons (Fsp3) is 0.667. The number of carbonyl (C=O) groups is 1. The topological polar surface area (TPSA) is 45.2 Å². The Balaban J connectivity index is 1.50. The lowest BCUT2D eigenvalue weighted by Gasteiger charge is -2.31. The second-order valence-corrected chi connectivity index (χ2v) is 6.89. The van der Waals surface area contributed by atoms with Crippen LogP contribution in [0.4, 0.5) is 5.82 Å². The third kappa shape index (κ3) is 3.79. The molecule has 0 unspecified atom stereocenters. The van der Waals surface area contributed by atoms with Gasteiger partial charge in [0, 0.05) is 31.7 Å². The summed E-state index contributed by atoms with van der Waals surface area (Å²) in [5.41, 5.74) is 1.08. The fourth-order valence-electron chi connectivity index (χ4n) is 3.47. The number of hydrogen-bond acceptors (Lipinski definition) is 3. The number of amides is 1. The predicted molar refractivity (Wildman–Crippen MR) is 88.7 cm³/mol. The molecular weight excluding hydrogens is 274 g/mol. The van der Waals surface area contributed by atoms with Gasteiger partial charge in [0.25, 0.3) is 0 Å². The van der Waals surface area contributed by atoms with Gasteiger partial charge in [-0.3, -0.25) is 4.79 Å². The first kappa shape index (κ1) is 15.3. The van der Waals surface area contributed by atoms with E-state index in [1.807, 2.05) is 6.20 Å². The summed E-state index contributed by atoms with van der Waals surface area (Å²) in [4.78, 5) is 19.0. The van der Waals surface area contributed by atoms with Gasteiger partial charge in [-0.25, -0.2) is 4.98 Å². The van der Waals surface area contributed by atoms with E-state index in [0.717, 1.165) is 43.2 Å². The van der Waals surface area contributed by atoms with Crippen LogP contribution >= 0.6 is 0 Å². The molecule has 4 heteroatoms. The van der Waals surface area contributed by atoms with Gasteiger partial charge >= 0.3 is 0 Å². The summed E-state index contributed by atoms with van der Waals surface area (Å²) in [6, 6.07) is 4.18. The molecule has 1 aliphatic heterocycles. The highest BCUT2D eigenvalue weighted by Crippen LogP contribution is 2.25. The molecule has 0 spiro atoms. The summed E-state index contributed by atoms with van der Waals surface area (Å²) in [6.45, 7) is 5.12. The van der Waals surface area contributed by atoms with Crippen molar-refractivity contribution in [2.75, 3.05) is 18.0 Å². The number of hydrogen-bond donors (Lipinski definition) is 1. The van der Waals surface area contributed by atoms with Crippen LogP contribution in [-0.4, -0.2) is 24.0 Å². The number of nitrogens with zero attached hydrogens (tertiary/aromatic N) is 2. The molecule has 0 aromatic carbocycles. The van der Waals surface area contributed by atoms with Crippen molar-refractivity contribution in [2.24, 2.45) is 11.8 Å². The second kappa shape index (κ2) is 7.12. The van der Waals surface area contributed by atoms with Gasteiger partial charge in [-0.2, -0.15) is 0 Å². The molecule has 1 aromatic rings. The number of pyridine rings is 1. The lowest BCUT2D eigenvalue weighted by molar-refractivity contribution is -0.124. The zero-order chi connectivity index (χ0) is 15.4. The Bertz CT molecular complexity index is 486. The normalized spacial score (nSPS) is 20.3. The van der Waals surface area contributed by atoms with E-state index in [4.69, 9.17) is 0 Å². The van der Waals surface area contributed by atoms with Crippen LogP contribution in [0, 0.1) is 11.8 Å². The van der Waals surface area contributed by atoms with Gasteiger partial charge in [-0.05, 0) is 43.2 Å². The Morgan fingerprint density at radius 1 is 1.23 bits per heavy atom. The SMILES string of the molecule is CC1CCN(c2ccc(CNC(=O)C3CCCC3)cn2)CC1. The molecule has 1 saturated carbocycles. The zero-order valence-electron chi connectivity index (χ0n) is 13.6. The van der Waals surface area contributed by atoms with Crippen molar-refractivity contribution >= 4 is 11.7 Å². The molecule has 1 saturated heterocycles. The maximum Gasteiger partial charge on any atom is 0.223 e. The van der Waals surface area contributed by atoms with Crippen LogP contribution in [0.5, 0.6) is 0 Å². The maximum absolute atomic E-state index is 12.0. The summed E-state index contributed by atoms with van der Waals surface area (Å²) in [5.74, 6) is 2.35. The predicted octanol–water partition coefficient (Wildman–Crippen LogP) is 3.12. The van der Waals surface area contributed by atoms with Gasteiger partial charge in [0.1, 0.15) is 5.82 Å². The van der Waals surface area contributed by atoms with Crippen LogP contribution < -0.4 is 10.2 Å². The molecular formula is C18H27N3O. The first-order valence-electron chi connectivity index (χ1n) is 8.70. The molecule has 0 atom stereocenters. The quantitative estimate of drug-likeness (QED) is 0.929. The van der Waals surface area contributed by atoms with Crippen LogP contribution in [0.3, 0.4) is 0 Å². The van der Waals surface area contributed by atoms with Crippen molar-refractivity contribution in [3.05, 3.63) is 23.9 Å². The molecule has 1 aromatic heterocycles. The van der Waals surface area contributed by atoms with E-state index in [0.29, 0.717) is 6.54 Å². The number of anilines is 1. The van der Waals surface area contributed by atoms with Gasteiger partial charge in [0.05, 0.1) is 0 Å². The van der Waals surface area contributed by atoms with Gasteiger partial charge in [0.15, 0.2) is 0 Å². The lowest BCUT2D eigenvalue weighted by Crippen LogP contribution is -2.33. The first-order chi connectivity index (χ1) is 10.7. The molecule has 0 bridgehead atoms. The largest absolute Gasteiger partial charge is 0.357 e. The minimum Gasteiger partial charge on any atom is -0.357 e. The minimum atomic E-state index is 0.214. The van der Waals surface area contributed by atoms with Crippen molar-refractivity contribution in [2.45, 2.75) is 52.0 Å². The summed E-state index contributed by atoms with van der Waals surface area (Å²) >= 11 is 0. The maximum atomic E-state index is 12.0. The zero-order valence-corrected chi connectivity index (χ0v) is 13.6. The van der Waals surface area contributed by atoms with Crippen molar-refractivity contribution in [3.63, 3.8) is 0 Å². The summed E-state index contributed by atoms with van der Waals surface area (Å²) in [6.07, 6.45) is 8.91. The molecule has 0 radical (unpaired) electrons. The van der Waals surface area contributed by atoms with E-state index in [9.17, 15) is 4.79 Å². The highest BCUT2D eigenvalue weighted by atomic mass is 16.1. The first-order valence-corrected chi connectivity index (χ1v) is 8.70. The van der Waals surface area contributed by atoms with Crippen molar-refractivity contribution in [1.82, 2.24) is 10.3 Å². The molecule has 3 rings (SSSR count). The van der Waals surface area contributed by atoms with E-state index in [1.54, 1.807) is 0 Å². The fourth-order valence-corrected chi connectivity index (χ4v) is 3.47. The Kier molecular flexibility index (Phi) is 4.96. The van der Waals surface area contributed by atoms with Crippen LogP contribution in [0.25, 0.3) is 0 Å². The van der Waals surface area contributed by atoms with Crippen LogP contribution in [-0.2, 0) is 11.3 Å². The number of piperidine rings is 1. The molecule has 22 heavy (non-hydrogen) atoms. The molecule has 120 valence electrons. The molecule has 2 aliphatic rings. The van der Waals surface area contributed by atoms with E-state index in [-0.39, 0.29) is 11.8 Å². The molecule has 1 amide bonds. The molecule has 1 N–H and O–H groups in total. The Morgan fingerprint density at radius 2 is 1.95 bits per heavy atom. The number of aromatic nitrogens is 1. The molecule has 2 heterocycles. The number of carbonyl (C=O) groups excluding carboxylic acids is 1. The molecule has 4 nitrogen and oxygen atoms in total. The van der Waals surface area contributed by atoms with Crippen LogP contribution in [0.15, 0.2) is 18.3 Å². The van der Waals surface area contributed by atoms with E-state index in [1.165, 1.54) is 25.7 Å². The Morgan fingerprint density at radius 3 is 2.59 bits per heavy atom. The summed E-state index contributed by atoms with van der Waals surface area (Å²) < 4.78 is 0. The van der Waals surface area contributed by atoms with Crippen LogP contribution in [0.1, 0.15) is 51.0 Å². The highest BCUT2D eigenvalue weighted by Gasteiger charge is 2.22. The Hall–Kier alpha value is -1.58. The van der Waals surface area contributed by atoms with Crippen LogP contribution in [0.2, 0.25) is 0 Å². The number of rotatable bonds is 4. The van der Waals surface area contributed by atoms with Gasteiger partial charge in [0.2, 0.25) is 5.91 Å². The van der Waals surface area contributed by atoms with E-state index < -0.39 is 0 Å². The van der Waals surface area contributed by atoms with E-state index in [2.05, 4.69) is 34.3 Å². The second-order valence-electron chi connectivity index (χ2n) is 6.89. The Labute approximate surface area is 133 Å². The standard InChI is InChI=1S/C18H27N3O/c1-14-8-10-21(11-9-14)17-7-6-15(12-19-17)13-20-18(22)16-4-2-3-5-16/h6-7,12,14,16H,2-5,8-11,13H2,1H3,(H,20,22). The average Bonchev–Trinajstić information content (AvgIpc) is 3.08. The lowest BCUT2D eigenvalue weighted by atomic mass is 9.99. The van der Waals surface area contributed by atoms with Gasteiger partial charge in [-0.1, -0.05) is 25.8 Å². The highest BCUT2D eigenvalue weighted by molar-refractivity contribution is 5.78. The van der Waals surface area contributed by atoms with Gasteiger partial charge in [-0.15, -0.1) is 0 Å². The third-order valence-corrected chi connectivity index (χ3v) is 5.11. The summed E-state index contributed by atoms with van der Waals surface area (Å²) in [7, 11) is 0. The summed E-state index contributed by atoms with van der Waals surface area (Å²) in [5, 5.41) is 3.05. The minimum absolute atomic E-state index is 0.214. The molecule has 2 fully saturated rings. The molecule has 1 aliphatic carbocycles. The van der Waals surface area contributed by atoms with E-state index >= 15 is 0 Å². The third-order valence-electron chi connectivity index (χ3n) is 5.11. The average molecular weight is 301 g/mol. The number of nitrogens with one attached hydrogen (secondary N) is 1. The smallest absolute Gasteiger partial charge is 0.223 e. The van der Waals surface area contributed by atoms with Crippen molar-refractivity contribution in [3.8, 4) is 0 Å². The van der Waals surface area contributed by atoms with Gasteiger partial charge < -0.3 is 10.2 Å².